The predicted octanol–water partition coefficient (Wildman–Crippen LogP) is 17.7. The summed E-state index contributed by atoms with van der Waals surface area (Å²) in [6.07, 6.45) is 0.122. The van der Waals surface area contributed by atoms with Crippen LogP contribution in [0.5, 0.6) is 0 Å². The molecule has 9 heterocycles. The van der Waals surface area contributed by atoms with Crippen LogP contribution in [0, 0.1) is 69.5 Å². The number of amides is 3. The Morgan fingerprint density at radius 1 is 0.345 bits per heavy atom. The first kappa shape index (κ1) is 71.9. The summed E-state index contributed by atoms with van der Waals surface area (Å²) in [5.41, 5.74) is 42.4. The molecule has 0 fully saturated rings. The number of carbonyl (C=O) groups excluding carboxylic acids is 3. The van der Waals surface area contributed by atoms with Gasteiger partial charge in [0.2, 0.25) is 0 Å². The number of nitrogens with two attached hydrogens (primary N) is 3. The van der Waals surface area contributed by atoms with Gasteiger partial charge in [-0.3, -0.25) is 14.4 Å². The van der Waals surface area contributed by atoms with Gasteiger partial charge < -0.3 is 47.4 Å². The first-order valence-electron chi connectivity index (χ1n) is 36.1. The monoisotopic (exact) mass is 1480 g/mol. The van der Waals surface area contributed by atoms with E-state index < -0.39 is 34.9 Å². The van der Waals surface area contributed by atoms with Crippen molar-refractivity contribution in [3.63, 3.8) is 0 Å². The Morgan fingerprint density at radius 3 is 0.927 bits per heavy atom. The fourth-order valence-electron chi connectivity index (χ4n) is 16.3. The van der Waals surface area contributed by atoms with Crippen LogP contribution in [0.1, 0.15) is 198 Å². The van der Waals surface area contributed by atoms with Gasteiger partial charge in [-0.1, -0.05) is 67.9 Å². The Hall–Kier alpha value is -12.3. The number of benzene rings is 9. The standard InChI is InChI=1S/C31H27F2N3O2.2C29H23F2N3O2/c1-3-4-17-13-28(34)36-16(2)26(17)15-35-31(37)19-6-9-23-25(12-19)30-22-8-5-18(11-24(22)29(23)38-30)21-10-7-20(32)14-27(21)33;2*1-14-9-26(32)34-15(2)24(14)13-33-29(35)17-4-7-21-23(11-17)28-20-6-3-16(10-22(20)27(21)36-28)19-8-5-18(30)12-25(19)31/h5-14,29-30H,3-4,15H2,1-2H3,(H2,34,36)(H,35,37);2*3-12,27-28H,13H2,1-2H3,(H2,32,34)(H,33,35)/t29-,30-;2*27-,28-/m111/s1. The number of nitrogens with one attached hydrogen (secondary N) is 3. The average molecular weight is 1480 g/mol. The lowest BCUT2D eigenvalue weighted by molar-refractivity contribution is 0.0856. The number of nitrogens with zero attached hydrogens (tertiary/aromatic N) is 3. The number of nitrogen functional groups attached to an aromatic ring is 3. The lowest BCUT2D eigenvalue weighted by Gasteiger charge is -2.18. The zero-order valence-electron chi connectivity index (χ0n) is 60.6. The first-order valence-corrected chi connectivity index (χ1v) is 36.1. The number of anilines is 3. The van der Waals surface area contributed by atoms with Gasteiger partial charge in [0.15, 0.2) is 0 Å². The van der Waals surface area contributed by atoms with Crippen LogP contribution in [0.3, 0.4) is 0 Å². The fourth-order valence-corrected chi connectivity index (χ4v) is 16.3. The highest BCUT2D eigenvalue weighted by atomic mass is 19.2. The third kappa shape index (κ3) is 13.2. The summed E-state index contributed by atoms with van der Waals surface area (Å²) in [5, 5.41) is 9.01. The second-order valence-corrected chi connectivity index (χ2v) is 28.5. The Bertz CT molecular complexity index is 5570. The predicted molar refractivity (Wildman–Crippen MR) is 406 cm³/mol. The average Bonchev–Trinajstić information content (AvgIpc) is 1.58. The summed E-state index contributed by atoms with van der Waals surface area (Å²) in [6.45, 7) is 12.8. The van der Waals surface area contributed by atoms with Crippen molar-refractivity contribution in [1.29, 1.82) is 0 Å². The van der Waals surface area contributed by atoms with Crippen LogP contribution < -0.4 is 33.2 Å². The quantitative estimate of drug-likeness (QED) is 0.0558. The molecule has 6 bridgehead atoms. The minimum Gasteiger partial charge on any atom is -0.384 e. The van der Waals surface area contributed by atoms with Gasteiger partial charge >= 0.3 is 0 Å². The number of hydrogen-bond donors (Lipinski definition) is 6. The molecule has 0 unspecified atom stereocenters. The van der Waals surface area contributed by atoms with Crippen LogP contribution >= 0.6 is 0 Å². The third-order valence-corrected chi connectivity index (χ3v) is 21.6. The number of fused-ring (bicyclic) bond motifs is 24. The molecule has 12 aromatic rings. The largest absolute Gasteiger partial charge is 0.384 e. The number of rotatable bonds is 14. The van der Waals surface area contributed by atoms with Crippen LogP contribution in [-0.4, -0.2) is 32.7 Å². The van der Waals surface area contributed by atoms with Crippen molar-refractivity contribution < 1.29 is 54.9 Å². The molecule has 9 N–H and O–H groups in total. The van der Waals surface area contributed by atoms with Gasteiger partial charge in [-0.15, -0.1) is 0 Å². The maximum Gasteiger partial charge on any atom is 0.251 e. The van der Waals surface area contributed by atoms with Crippen molar-refractivity contribution in [2.45, 2.75) is 111 Å². The summed E-state index contributed by atoms with van der Waals surface area (Å²) in [7, 11) is 0. The molecule has 0 spiro atoms. The third-order valence-electron chi connectivity index (χ3n) is 21.6. The van der Waals surface area contributed by atoms with Crippen LogP contribution in [0.25, 0.3) is 33.4 Å². The maximum absolute atomic E-state index is 14.4. The number of hydrogen-bond acceptors (Lipinski definition) is 12. The minimum absolute atomic E-state index is 0.170. The van der Waals surface area contributed by atoms with E-state index in [1.807, 2.05) is 138 Å². The van der Waals surface area contributed by atoms with Crippen molar-refractivity contribution >= 4 is 35.2 Å². The van der Waals surface area contributed by atoms with E-state index in [-0.39, 0.29) is 54.3 Å². The van der Waals surface area contributed by atoms with Crippen LogP contribution in [0.2, 0.25) is 0 Å². The smallest absolute Gasteiger partial charge is 0.251 e. The summed E-state index contributed by atoms with van der Waals surface area (Å²) in [5.74, 6) is -2.74. The molecule has 3 aromatic heterocycles. The van der Waals surface area contributed by atoms with Gasteiger partial charge in [0, 0.05) is 88.3 Å². The number of halogens is 6. The van der Waals surface area contributed by atoms with Gasteiger partial charge in [-0.2, -0.15) is 0 Å². The molecule has 0 aliphatic carbocycles. The Kier molecular flexibility index (Phi) is 18.8. The highest BCUT2D eigenvalue weighted by Gasteiger charge is 2.46. The van der Waals surface area contributed by atoms with Crippen molar-refractivity contribution in [3.8, 4) is 33.4 Å². The number of ether oxygens (including phenoxy) is 3. The molecular weight excluding hydrogens is 1410 g/mol. The van der Waals surface area contributed by atoms with E-state index in [0.717, 1.165) is 148 Å². The Labute approximate surface area is 629 Å². The maximum atomic E-state index is 14.4. The zero-order chi connectivity index (χ0) is 76.8. The molecule has 15 nitrogen and oxygen atoms in total. The number of aromatic nitrogens is 3. The molecule has 21 heteroatoms. The highest BCUT2D eigenvalue weighted by Crippen LogP contribution is 2.58. The molecular formula is C89H73F6N9O6. The second-order valence-electron chi connectivity index (χ2n) is 28.5. The summed E-state index contributed by atoms with van der Waals surface area (Å²) in [4.78, 5) is 52.0. The van der Waals surface area contributed by atoms with Crippen LogP contribution in [-0.2, 0) is 40.3 Å². The van der Waals surface area contributed by atoms with Crippen molar-refractivity contribution in [2.24, 2.45) is 0 Å². The first-order chi connectivity index (χ1) is 52.9. The van der Waals surface area contributed by atoms with Gasteiger partial charge in [-0.05, 0) is 267 Å². The van der Waals surface area contributed by atoms with Gasteiger partial charge in [0.1, 0.15) is 89.0 Å². The van der Waals surface area contributed by atoms with E-state index in [9.17, 15) is 40.7 Å². The molecule has 0 saturated heterocycles. The molecule has 0 radical (unpaired) electrons. The highest BCUT2D eigenvalue weighted by molar-refractivity contribution is 5.96. The summed E-state index contributed by atoms with van der Waals surface area (Å²) >= 11 is 0. The lowest BCUT2D eigenvalue weighted by atomic mass is 9.83. The number of pyridine rings is 3. The molecule has 6 atom stereocenters. The van der Waals surface area contributed by atoms with Gasteiger partial charge in [0.25, 0.3) is 17.7 Å². The lowest BCUT2D eigenvalue weighted by Crippen LogP contribution is -2.24. The molecule has 110 heavy (non-hydrogen) atoms. The number of aryl methyl sites for hydroxylation is 6. The van der Waals surface area contributed by atoms with Crippen LogP contribution in [0.15, 0.2) is 182 Å². The summed E-state index contributed by atoms with van der Waals surface area (Å²) < 4.78 is 102. The fraction of sp³-hybridized carbons (Fsp3) is 0.191. The van der Waals surface area contributed by atoms with Crippen LogP contribution in [0.4, 0.5) is 43.8 Å². The van der Waals surface area contributed by atoms with E-state index in [4.69, 9.17) is 31.4 Å². The van der Waals surface area contributed by atoms with E-state index in [0.29, 0.717) is 87.2 Å². The summed E-state index contributed by atoms with van der Waals surface area (Å²) in [6, 6.07) is 50.1. The zero-order valence-corrected chi connectivity index (χ0v) is 60.6. The van der Waals surface area contributed by atoms with E-state index in [1.165, 1.54) is 36.4 Å². The Morgan fingerprint density at radius 2 is 0.627 bits per heavy atom. The number of carbonyl (C=O) groups is 3. The topological polar surface area (TPSA) is 232 Å². The molecule has 0 saturated carbocycles. The van der Waals surface area contributed by atoms with E-state index >= 15 is 0 Å². The molecule has 6 aliphatic heterocycles. The molecule has 6 aliphatic rings. The van der Waals surface area contributed by atoms with Gasteiger partial charge in [0.05, 0.1) is 0 Å². The minimum atomic E-state index is -0.607. The SMILES string of the molecule is CCCc1cc(N)nc(C)c1CNC(=O)c1ccc2c(c1)[C@@H]1O[C@H]2c2cc(-c3ccc(F)cc3F)ccc21.Cc1cc(N)nc(C)c1CNC(=O)c1ccc2c(c1)[C@@H]1O[C@H]2c2cc(-c3ccc(F)cc3F)ccc21.Cc1cc(N)nc(C)c1CNC(=O)c1ccc2c(c1)[C@@H]1O[C@H]2c2cc(-c3ccc(F)cc3F)ccc21. The van der Waals surface area contributed by atoms with E-state index in [1.54, 1.807) is 24.3 Å². The van der Waals surface area contributed by atoms with Crippen molar-refractivity contribution in [3.05, 3.63) is 351 Å². The Balaban J connectivity index is 0.000000125. The molecule has 3 amide bonds. The van der Waals surface area contributed by atoms with Crippen molar-refractivity contribution in [2.75, 3.05) is 17.2 Å². The molecule has 18 rings (SSSR count). The molecule has 552 valence electrons. The van der Waals surface area contributed by atoms with Crippen molar-refractivity contribution in [1.82, 2.24) is 30.9 Å². The van der Waals surface area contributed by atoms with Gasteiger partial charge in [-0.25, -0.2) is 41.3 Å². The second kappa shape index (κ2) is 28.7. The normalized spacial score (nSPS) is 17.0. The van der Waals surface area contributed by atoms with E-state index in [2.05, 4.69) is 37.8 Å². The molecule has 9 aromatic carbocycles.